The van der Waals surface area contributed by atoms with E-state index in [1.807, 2.05) is 0 Å². The van der Waals surface area contributed by atoms with Crippen LogP contribution in [0.1, 0.15) is 42.4 Å². The Morgan fingerprint density at radius 3 is 1.38 bits per heavy atom. The van der Waals surface area contributed by atoms with E-state index < -0.39 is 0 Å². The second-order valence-electron chi connectivity index (χ2n) is 14.5. The van der Waals surface area contributed by atoms with E-state index in [1.165, 1.54) is 33.5 Å². The van der Waals surface area contributed by atoms with Crippen molar-refractivity contribution in [2.75, 3.05) is 14.7 Å². The highest BCUT2D eigenvalue weighted by atomic mass is 15.2. The molecular weight excluding hydrogens is 667 g/mol. The molecule has 0 spiro atoms. The number of hydrogen-bond donors (Lipinski definition) is 0. The first-order valence-corrected chi connectivity index (χ1v) is 19.6. The monoisotopic (exact) mass is 711 g/mol. The highest BCUT2D eigenvalue weighted by Gasteiger charge is 2.19. The van der Waals surface area contributed by atoms with Crippen molar-refractivity contribution < 1.29 is 0 Å². The Morgan fingerprint density at radius 1 is 0.382 bits per heavy atom. The van der Waals surface area contributed by atoms with Crippen LogP contribution in [0.15, 0.2) is 176 Å². The van der Waals surface area contributed by atoms with Gasteiger partial charge in [0.15, 0.2) is 0 Å². The van der Waals surface area contributed by atoms with Gasteiger partial charge in [-0.2, -0.15) is 0 Å². The van der Waals surface area contributed by atoms with Crippen molar-refractivity contribution in [3.05, 3.63) is 203 Å². The fourth-order valence-electron chi connectivity index (χ4n) is 7.96. The highest BCUT2D eigenvalue weighted by Crippen LogP contribution is 2.41. The Morgan fingerprint density at radius 2 is 0.818 bits per heavy atom. The quantitative estimate of drug-likeness (QED) is 0.148. The molecule has 2 aliphatic rings. The van der Waals surface area contributed by atoms with Crippen LogP contribution in [-0.2, 0) is 6.42 Å². The molecule has 3 nitrogen and oxygen atoms in total. The molecule has 0 N–H and O–H groups in total. The smallest absolute Gasteiger partial charge is 0.0467 e. The fraction of sp³-hybridized carbons (Fsp3) is 0.115. The van der Waals surface area contributed by atoms with Crippen molar-refractivity contribution >= 4 is 69.4 Å². The average molecular weight is 712 g/mol. The molecular formula is C52H45N3. The van der Waals surface area contributed by atoms with Gasteiger partial charge in [0.05, 0.1) is 0 Å². The van der Waals surface area contributed by atoms with Gasteiger partial charge >= 0.3 is 0 Å². The minimum absolute atomic E-state index is 1.09. The van der Waals surface area contributed by atoms with Gasteiger partial charge in [0, 0.05) is 51.2 Å². The molecule has 268 valence electrons. The molecule has 0 saturated carbocycles. The lowest BCUT2D eigenvalue weighted by Gasteiger charge is -2.29. The minimum Gasteiger partial charge on any atom is -0.311 e. The number of nitrogens with zero attached hydrogens (tertiary/aromatic N) is 3. The number of benzene rings is 7. The van der Waals surface area contributed by atoms with E-state index >= 15 is 0 Å². The summed E-state index contributed by atoms with van der Waals surface area (Å²) in [5.41, 5.74) is 14.1. The molecule has 7 aromatic carbocycles. The third-order valence-electron chi connectivity index (χ3n) is 10.8. The zero-order chi connectivity index (χ0) is 37.0. The number of fused-ring (bicyclic) bond motifs is 2. The molecule has 0 heterocycles. The van der Waals surface area contributed by atoms with E-state index in [2.05, 4.69) is 216 Å². The third-order valence-corrected chi connectivity index (χ3v) is 10.8. The largest absolute Gasteiger partial charge is 0.311 e. The third kappa shape index (κ3) is 7.22. The molecule has 0 bridgehead atoms. The normalized spacial score (nSPS) is 13.0. The fourth-order valence-corrected chi connectivity index (χ4v) is 7.96. The summed E-state index contributed by atoms with van der Waals surface area (Å²) in [7, 11) is 0. The van der Waals surface area contributed by atoms with E-state index in [4.69, 9.17) is 0 Å². The molecule has 0 radical (unpaired) electrons. The molecule has 0 fully saturated rings. The summed E-state index contributed by atoms with van der Waals surface area (Å²) < 4.78 is 0. The Balaban J connectivity index is 1.10. The standard InChI is InChI=1S/C52H45N3/c1-39-21-25-46(26-22-39)53(48-31-35-50(36-32-48)55(45-19-9-4-10-20-45)52-28-24-41-14-11-12-16-43(41)38-52)47-29-33-49(34-30-47)54(44-17-7-3-8-18-44)51-27-23-40-13-5-2-6-15-42(40)37-51/h3-4,6-10,14-38H,2,5,11-13H2,1H3. The SMILES string of the molecule is Cc1ccc(N(c2ccc(N(c3ccccc3)c3ccc4c(c3)C=CCCC4)cc2)c2ccc(N(c3ccccc3)c3ccc4c(c3)=CCCC=4)cc2)cc1. The number of para-hydroxylation sites is 2. The lowest BCUT2D eigenvalue weighted by Crippen LogP contribution is -2.27. The topological polar surface area (TPSA) is 9.72 Å². The lowest BCUT2D eigenvalue weighted by atomic mass is 10.0. The van der Waals surface area contributed by atoms with Crippen LogP contribution < -0.4 is 25.1 Å². The molecule has 0 atom stereocenters. The van der Waals surface area contributed by atoms with Gasteiger partial charge in [0.1, 0.15) is 0 Å². The number of anilines is 9. The maximum atomic E-state index is 2.36. The summed E-state index contributed by atoms with van der Waals surface area (Å²) in [5.74, 6) is 0. The first-order chi connectivity index (χ1) is 27.2. The van der Waals surface area contributed by atoms with E-state index in [1.54, 1.807) is 0 Å². The Labute approximate surface area is 325 Å². The summed E-state index contributed by atoms with van der Waals surface area (Å²) in [6, 6.07) is 61.9. The molecule has 3 heteroatoms. The van der Waals surface area contributed by atoms with Crippen molar-refractivity contribution in [2.45, 2.75) is 39.0 Å². The maximum Gasteiger partial charge on any atom is 0.0467 e. The molecule has 0 aromatic heterocycles. The second-order valence-corrected chi connectivity index (χ2v) is 14.5. The molecule has 0 saturated heterocycles. The average Bonchev–Trinajstić information content (AvgIpc) is 3.49. The van der Waals surface area contributed by atoms with Crippen LogP contribution in [0.3, 0.4) is 0 Å². The number of aryl methyl sites for hydroxylation is 2. The van der Waals surface area contributed by atoms with Crippen LogP contribution in [-0.4, -0.2) is 0 Å². The first kappa shape index (κ1) is 34.2. The number of hydrogen-bond acceptors (Lipinski definition) is 3. The van der Waals surface area contributed by atoms with Crippen molar-refractivity contribution in [3.63, 3.8) is 0 Å². The maximum absolute atomic E-state index is 2.36. The van der Waals surface area contributed by atoms with Gasteiger partial charge < -0.3 is 14.7 Å². The number of rotatable bonds is 9. The van der Waals surface area contributed by atoms with Crippen molar-refractivity contribution in [1.29, 1.82) is 0 Å². The summed E-state index contributed by atoms with van der Waals surface area (Å²) in [6.45, 7) is 2.14. The summed E-state index contributed by atoms with van der Waals surface area (Å²) >= 11 is 0. The van der Waals surface area contributed by atoms with E-state index in [9.17, 15) is 0 Å². The second kappa shape index (κ2) is 15.4. The molecule has 0 aliphatic heterocycles. The highest BCUT2D eigenvalue weighted by molar-refractivity contribution is 5.84. The van der Waals surface area contributed by atoms with Crippen LogP contribution in [0.5, 0.6) is 0 Å². The van der Waals surface area contributed by atoms with Crippen LogP contribution in [0, 0.1) is 6.92 Å². The van der Waals surface area contributed by atoms with Crippen LogP contribution in [0.4, 0.5) is 51.2 Å². The van der Waals surface area contributed by atoms with Gasteiger partial charge in [0.25, 0.3) is 0 Å². The zero-order valence-corrected chi connectivity index (χ0v) is 31.4. The van der Waals surface area contributed by atoms with Gasteiger partial charge in [0.2, 0.25) is 0 Å². The molecule has 7 aromatic rings. The van der Waals surface area contributed by atoms with Gasteiger partial charge in [-0.3, -0.25) is 0 Å². The van der Waals surface area contributed by atoms with Gasteiger partial charge in [-0.15, -0.1) is 0 Å². The van der Waals surface area contributed by atoms with Crippen LogP contribution in [0.25, 0.3) is 18.2 Å². The molecule has 0 amide bonds. The summed E-state index contributed by atoms with van der Waals surface area (Å²) in [5, 5.41) is 2.63. The molecule has 2 aliphatic carbocycles. The van der Waals surface area contributed by atoms with E-state index in [0.29, 0.717) is 0 Å². The zero-order valence-electron chi connectivity index (χ0n) is 31.4. The van der Waals surface area contributed by atoms with Gasteiger partial charge in [-0.1, -0.05) is 90.5 Å². The van der Waals surface area contributed by atoms with Crippen molar-refractivity contribution in [3.8, 4) is 0 Å². The molecule has 0 unspecified atom stereocenters. The van der Waals surface area contributed by atoms with Crippen LogP contribution >= 0.6 is 0 Å². The Hall–Kier alpha value is -6.58. The van der Waals surface area contributed by atoms with Gasteiger partial charge in [-0.05, 0) is 170 Å². The van der Waals surface area contributed by atoms with Crippen molar-refractivity contribution in [2.24, 2.45) is 0 Å². The van der Waals surface area contributed by atoms with Gasteiger partial charge in [-0.25, -0.2) is 0 Å². The molecule has 9 rings (SSSR count). The van der Waals surface area contributed by atoms with Crippen molar-refractivity contribution in [1.82, 2.24) is 0 Å². The molecule has 55 heavy (non-hydrogen) atoms. The van der Waals surface area contributed by atoms with E-state index in [0.717, 1.165) is 76.9 Å². The number of allylic oxidation sites excluding steroid dienone is 1. The van der Waals surface area contributed by atoms with E-state index in [-0.39, 0.29) is 0 Å². The summed E-state index contributed by atoms with van der Waals surface area (Å²) in [4.78, 5) is 7.07. The predicted octanol–water partition coefficient (Wildman–Crippen LogP) is 13.1. The van der Waals surface area contributed by atoms with Crippen LogP contribution in [0.2, 0.25) is 0 Å². The Bertz CT molecular complexity index is 2560. The lowest BCUT2D eigenvalue weighted by molar-refractivity contribution is 0.851. The predicted molar refractivity (Wildman–Crippen MR) is 235 cm³/mol. The minimum atomic E-state index is 1.09. The Kier molecular flexibility index (Phi) is 9.59. The summed E-state index contributed by atoms with van der Waals surface area (Å²) in [6.07, 6.45) is 15.0. The first-order valence-electron chi connectivity index (χ1n) is 19.6.